The molecule has 3 rings (SSSR count). The second-order valence-electron chi connectivity index (χ2n) is 4.32. The molecular formula is C10H15N3O2S. The summed E-state index contributed by atoms with van der Waals surface area (Å²) in [6.07, 6.45) is 2.59. The van der Waals surface area contributed by atoms with Crippen LogP contribution in [0.4, 0.5) is 0 Å². The Hall–Kier alpha value is -0.880. The topological polar surface area (TPSA) is 56.3 Å². The van der Waals surface area contributed by atoms with E-state index in [2.05, 4.69) is 14.1 Å². The third kappa shape index (κ3) is 1.76. The van der Waals surface area contributed by atoms with Gasteiger partial charge < -0.3 is 14.8 Å². The molecule has 3 atom stereocenters. The molecule has 2 heterocycles. The van der Waals surface area contributed by atoms with E-state index in [9.17, 15) is 0 Å². The Bertz CT molecular complexity index is 371. The lowest BCUT2D eigenvalue weighted by Gasteiger charge is -2.22. The van der Waals surface area contributed by atoms with Crippen molar-refractivity contribution in [1.82, 2.24) is 14.1 Å². The molecule has 1 aliphatic heterocycles. The van der Waals surface area contributed by atoms with E-state index in [1.54, 1.807) is 0 Å². The van der Waals surface area contributed by atoms with Gasteiger partial charge in [0.15, 0.2) is 0 Å². The van der Waals surface area contributed by atoms with Gasteiger partial charge in [0.1, 0.15) is 6.10 Å². The summed E-state index contributed by atoms with van der Waals surface area (Å²) < 4.78 is 19.5. The summed E-state index contributed by atoms with van der Waals surface area (Å²) in [5.41, 5.74) is 0. The monoisotopic (exact) mass is 241 g/mol. The lowest BCUT2D eigenvalue weighted by molar-refractivity contribution is 0.145. The van der Waals surface area contributed by atoms with Crippen LogP contribution in [0.25, 0.3) is 0 Å². The van der Waals surface area contributed by atoms with Crippen LogP contribution in [0.3, 0.4) is 0 Å². The van der Waals surface area contributed by atoms with Gasteiger partial charge in [-0.05, 0) is 32.2 Å². The van der Waals surface area contributed by atoms with Crippen molar-refractivity contribution in [3.8, 4) is 11.8 Å². The molecular weight excluding hydrogens is 226 g/mol. The second kappa shape index (κ2) is 4.18. The SMILES string of the molecule is CCOc1nsnc1OC1CC2CNC1C2. The van der Waals surface area contributed by atoms with Crippen LogP contribution in [0.1, 0.15) is 19.8 Å². The maximum absolute atomic E-state index is 5.88. The lowest BCUT2D eigenvalue weighted by Crippen LogP contribution is -2.40. The summed E-state index contributed by atoms with van der Waals surface area (Å²) in [6.45, 7) is 3.66. The molecule has 6 heteroatoms. The van der Waals surface area contributed by atoms with Gasteiger partial charge in [-0.3, -0.25) is 0 Å². The zero-order chi connectivity index (χ0) is 11.0. The normalized spacial score (nSPS) is 31.9. The molecule has 1 saturated heterocycles. The molecule has 2 fully saturated rings. The summed E-state index contributed by atoms with van der Waals surface area (Å²) >= 11 is 1.14. The first kappa shape index (κ1) is 10.3. The molecule has 2 bridgehead atoms. The van der Waals surface area contributed by atoms with E-state index in [0.29, 0.717) is 24.4 Å². The van der Waals surface area contributed by atoms with Gasteiger partial charge in [-0.1, -0.05) is 0 Å². The van der Waals surface area contributed by atoms with Crippen LogP contribution in [0, 0.1) is 5.92 Å². The molecule has 0 amide bonds. The van der Waals surface area contributed by atoms with Crippen molar-refractivity contribution in [2.24, 2.45) is 5.92 Å². The number of nitrogens with one attached hydrogen (secondary N) is 1. The standard InChI is InChI=1S/C10H15N3O2S/c1-2-14-9-10(13-16-12-9)15-8-4-6-3-7(8)11-5-6/h6-8,11H,2-5H2,1H3. The minimum absolute atomic E-state index is 0.238. The number of piperidine rings is 1. The molecule has 0 aromatic carbocycles. The Balaban J connectivity index is 1.67. The smallest absolute Gasteiger partial charge is 0.291 e. The Labute approximate surface area is 98.5 Å². The van der Waals surface area contributed by atoms with Crippen LogP contribution < -0.4 is 14.8 Å². The average molecular weight is 241 g/mol. The number of ether oxygens (including phenoxy) is 2. The first-order valence-corrected chi connectivity index (χ1v) is 6.45. The van der Waals surface area contributed by atoms with Gasteiger partial charge in [-0.25, -0.2) is 0 Å². The van der Waals surface area contributed by atoms with E-state index in [-0.39, 0.29) is 6.10 Å². The van der Waals surface area contributed by atoms with Gasteiger partial charge in [0.2, 0.25) is 0 Å². The van der Waals surface area contributed by atoms with Crippen molar-refractivity contribution in [3.63, 3.8) is 0 Å². The van der Waals surface area contributed by atoms with E-state index in [1.807, 2.05) is 6.92 Å². The van der Waals surface area contributed by atoms with Crippen molar-refractivity contribution in [2.75, 3.05) is 13.2 Å². The van der Waals surface area contributed by atoms with E-state index >= 15 is 0 Å². The van der Waals surface area contributed by atoms with Crippen molar-refractivity contribution < 1.29 is 9.47 Å². The van der Waals surface area contributed by atoms with Gasteiger partial charge in [-0.2, -0.15) is 0 Å². The Morgan fingerprint density at radius 3 is 2.94 bits per heavy atom. The Morgan fingerprint density at radius 2 is 2.25 bits per heavy atom. The summed E-state index contributed by atoms with van der Waals surface area (Å²) in [7, 11) is 0. The van der Waals surface area contributed by atoms with Crippen LogP contribution >= 0.6 is 11.7 Å². The van der Waals surface area contributed by atoms with Gasteiger partial charge in [0.05, 0.1) is 18.3 Å². The summed E-state index contributed by atoms with van der Waals surface area (Å²) in [4.78, 5) is 0. The van der Waals surface area contributed by atoms with Gasteiger partial charge in [-0.15, -0.1) is 8.75 Å². The molecule has 88 valence electrons. The van der Waals surface area contributed by atoms with Crippen LogP contribution in [-0.2, 0) is 0 Å². The van der Waals surface area contributed by atoms with Crippen molar-refractivity contribution in [2.45, 2.75) is 31.9 Å². The Morgan fingerprint density at radius 1 is 1.38 bits per heavy atom. The van der Waals surface area contributed by atoms with E-state index in [4.69, 9.17) is 9.47 Å². The molecule has 1 aromatic rings. The van der Waals surface area contributed by atoms with Gasteiger partial charge >= 0.3 is 0 Å². The van der Waals surface area contributed by atoms with Crippen molar-refractivity contribution >= 4 is 11.7 Å². The number of rotatable bonds is 4. The highest BCUT2D eigenvalue weighted by Gasteiger charge is 2.41. The molecule has 5 nitrogen and oxygen atoms in total. The molecule has 16 heavy (non-hydrogen) atoms. The van der Waals surface area contributed by atoms with Crippen LogP contribution in [0.5, 0.6) is 11.8 Å². The average Bonchev–Trinajstić information content (AvgIpc) is 2.96. The number of fused-ring (bicyclic) bond motifs is 2. The predicted molar refractivity (Wildman–Crippen MR) is 60.0 cm³/mol. The number of nitrogens with zero attached hydrogens (tertiary/aromatic N) is 2. The maximum Gasteiger partial charge on any atom is 0.291 e. The Kier molecular flexibility index (Phi) is 2.69. The highest BCUT2D eigenvalue weighted by molar-refractivity contribution is 6.99. The first-order valence-electron chi connectivity index (χ1n) is 5.72. The van der Waals surface area contributed by atoms with E-state index in [0.717, 1.165) is 30.6 Å². The first-order chi connectivity index (χ1) is 7.86. The molecule has 1 saturated carbocycles. The molecule has 1 aliphatic carbocycles. The minimum Gasteiger partial charge on any atom is -0.473 e. The largest absolute Gasteiger partial charge is 0.473 e. The summed E-state index contributed by atoms with van der Waals surface area (Å²) in [6, 6.07) is 0.487. The fourth-order valence-electron chi connectivity index (χ4n) is 2.54. The number of hydrogen-bond donors (Lipinski definition) is 1. The second-order valence-corrected chi connectivity index (χ2v) is 4.84. The summed E-state index contributed by atoms with van der Waals surface area (Å²) in [5, 5.41) is 3.46. The van der Waals surface area contributed by atoms with E-state index in [1.165, 1.54) is 6.42 Å². The third-order valence-corrected chi connectivity index (χ3v) is 3.74. The highest BCUT2D eigenvalue weighted by Crippen LogP contribution is 2.35. The van der Waals surface area contributed by atoms with Crippen molar-refractivity contribution in [3.05, 3.63) is 0 Å². The number of hydrogen-bond acceptors (Lipinski definition) is 6. The highest BCUT2D eigenvalue weighted by atomic mass is 32.1. The summed E-state index contributed by atoms with van der Waals surface area (Å²) in [5.74, 6) is 1.87. The van der Waals surface area contributed by atoms with Gasteiger partial charge in [0, 0.05) is 6.04 Å². The quantitative estimate of drug-likeness (QED) is 0.854. The van der Waals surface area contributed by atoms with Gasteiger partial charge in [0.25, 0.3) is 11.8 Å². The maximum atomic E-state index is 5.88. The fourth-order valence-corrected chi connectivity index (χ4v) is 2.98. The van der Waals surface area contributed by atoms with Crippen LogP contribution in [-0.4, -0.2) is 34.0 Å². The zero-order valence-electron chi connectivity index (χ0n) is 9.18. The van der Waals surface area contributed by atoms with Crippen LogP contribution in [0.15, 0.2) is 0 Å². The number of aromatic nitrogens is 2. The molecule has 1 aromatic heterocycles. The predicted octanol–water partition coefficient (Wildman–Crippen LogP) is 1.07. The van der Waals surface area contributed by atoms with E-state index < -0.39 is 0 Å². The molecule has 3 unspecified atom stereocenters. The van der Waals surface area contributed by atoms with Crippen LogP contribution in [0.2, 0.25) is 0 Å². The minimum atomic E-state index is 0.238. The van der Waals surface area contributed by atoms with Crippen molar-refractivity contribution in [1.29, 1.82) is 0 Å². The fraction of sp³-hybridized carbons (Fsp3) is 0.800. The molecule has 0 spiro atoms. The molecule has 1 N–H and O–H groups in total. The molecule has 0 radical (unpaired) electrons. The molecule has 2 aliphatic rings. The third-order valence-electron chi connectivity index (χ3n) is 3.24. The lowest BCUT2D eigenvalue weighted by atomic mass is 10.1. The zero-order valence-corrected chi connectivity index (χ0v) is 10.00.